The molecule has 1 N–H and O–H groups in total. The lowest BCUT2D eigenvalue weighted by atomic mass is 10.5. The van der Waals surface area contributed by atoms with Gasteiger partial charge in [0.15, 0.2) is 5.82 Å². The smallest absolute Gasteiger partial charge is 0.296 e. The average molecular weight is 169 g/mol. The van der Waals surface area contributed by atoms with Gasteiger partial charge in [-0.2, -0.15) is 0 Å². The number of nitrogens with one attached hydrogen (secondary N) is 1. The molecular formula is C5H3N3O2S. The first-order valence-corrected chi connectivity index (χ1v) is 3.69. The van der Waals surface area contributed by atoms with Gasteiger partial charge in [-0.05, 0) is 0 Å². The fourth-order valence-corrected chi connectivity index (χ4v) is 1.23. The van der Waals surface area contributed by atoms with E-state index in [4.69, 9.17) is 0 Å². The van der Waals surface area contributed by atoms with Crippen LogP contribution < -0.4 is 5.76 Å². The maximum atomic E-state index is 10.5. The first-order chi connectivity index (χ1) is 5.36. The Balaban J connectivity index is 2.53. The molecule has 6 heteroatoms. The van der Waals surface area contributed by atoms with Crippen molar-refractivity contribution >= 4 is 11.3 Å². The molecule has 0 saturated heterocycles. The summed E-state index contributed by atoms with van der Waals surface area (Å²) in [6.45, 7) is 0. The van der Waals surface area contributed by atoms with Gasteiger partial charge in [0.05, 0.1) is 10.4 Å². The van der Waals surface area contributed by atoms with Crippen molar-refractivity contribution in [1.29, 1.82) is 0 Å². The molecule has 0 atom stereocenters. The molecule has 0 aromatic carbocycles. The van der Waals surface area contributed by atoms with Gasteiger partial charge in [0.25, 0.3) is 0 Å². The second-order valence-electron chi connectivity index (χ2n) is 1.81. The maximum absolute atomic E-state index is 10.5. The fraction of sp³-hybridized carbons (Fsp3) is 0. The van der Waals surface area contributed by atoms with Gasteiger partial charge < -0.3 is 0 Å². The van der Waals surface area contributed by atoms with E-state index in [9.17, 15) is 4.79 Å². The van der Waals surface area contributed by atoms with Gasteiger partial charge >= 0.3 is 5.76 Å². The molecule has 5 nitrogen and oxygen atoms in total. The van der Waals surface area contributed by atoms with E-state index in [0.29, 0.717) is 5.82 Å². The number of hydrogen-bond acceptors (Lipinski definition) is 5. The lowest BCUT2D eigenvalue weighted by Gasteiger charge is -1.79. The molecule has 0 radical (unpaired) electrons. The van der Waals surface area contributed by atoms with Crippen LogP contribution in [0.2, 0.25) is 0 Å². The summed E-state index contributed by atoms with van der Waals surface area (Å²) in [5.41, 5.74) is 1.66. The minimum atomic E-state index is -0.548. The molecule has 0 bridgehead atoms. The van der Waals surface area contributed by atoms with Crippen molar-refractivity contribution in [3.63, 3.8) is 0 Å². The number of aromatic amines is 1. The molecule has 0 aliphatic carbocycles. The second kappa shape index (κ2) is 2.31. The van der Waals surface area contributed by atoms with Crippen LogP contribution in [0, 0.1) is 0 Å². The van der Waals surface area contributed by atoms with Crippen molar-refractivity contribution in [3.05, 3.63) is 22.3 Å². The second-order valence-corrected chi connectivity index (χ2v) is 2.70. The molecule has 0 fully saturated rings. The van der Waals surface area contributed by atoms with Crippen molar-refractivity contribution in [2.75, 3.05) is 0 Å². The summed E-state index contributed by atoms with van der Waals surface area (Å²) < 4.78 is 4.31. The molecule has 0 amide bonds. The van der Waals surface area contributed by atoms with E-state index in [-0.39, 0.29) is 0 Å². The highest BCUT2D eigenvalue weighted by Crippen LogP contribution is 2.16. The monoisotopic (exact) mass is 169 g/mol. The lowest BCUT2D eigenvalue weighted by Crippen LogP contribution is -1.94. The average Bonchev–Trinajstić information content (AvgIpc) is 2.55. The molecule has 0 unspecified atom stereocenters. The zero-order chi connectivity index (χ0) is 7.68. The van der Waals surface area contributed by atoms with Crippen LogP contribution in [0.1, 0.15) is 0 Å². The molecule has 0 saturated carbocycles. The van der Waals surface area contributed by atoms with Crippen molar-refractivity contribution in [3.8, 4) is 10.7 Å². The van der Waals surface area contributed by atoms with Crippen LogP contribution in [0.15, 0.2) is 21.0 Å². The van der Waals surface area contributed by atoms with E-state index in [1.54, 1.807) is 11.7 Å². The Kier molecular flexibility index (Phi) is 1.32. The lowest BCUT2D eigenvalue weighted by molar-refractivity contribution is 0.388. The summed E-state index contributed by atoms with van der Waals surface area (Å²) in [5, 5.41) is 3.49. The van der Waals surface area contributed by atoms with E-state index in [1.807, 2.05) is 0 Å². The summed E-state index contributed by atoms with van der Waals surface area (Å²) >= 11 is 1.39. The van der Waals surface area contributed by atoms with Gasteiger partial charge in [0.1, 0.15) is 0 Å². The summed E-state index contributed by atoms with van der Waals surface area (Å²) in [6, 6.07) is 0. The Hall–Kier alpha value is -1.43. The molecule has 2 aromatic heterocycles. The minimum Gasteiger partial charge on any atom is -0.296 e. The normalized spacial score (nSPS) is 10.2. The van der Waals surface area contributed by atoms with E-state index in [2.05, 4.69) is 19.6 Å². The molecular weight excluding hydrogens is 166 g/mol. The Labute approximate surface area is 64.7 Å². The quantitative estimate of drug-likeness (QED) is 0.674. The zero-order valence-electron chi connectivity index (χ0n) is 5.27. The molecule has 2 rings (SSSR count). The number of H-pyrrole nitrogens is 1. The Morgan fingerprint density at radius 1 is 1.64 bits per heavy atom. The van der Waals surface area contributed by atoms with Crippen molar-refractivity contribution < 1.29 is 4.52 Å². The van der Waals surface area contributed by atoms with E-state index in [0.717, 1.165) is 4.88 Å². The molecule has 2 aromatic rings. The Morgan fingerprint density at radius 2 is 2.55 bits per heavy atom. The van der Waals surface area contributed by atoms with E-state index in [1.165, 1.54) is 11.3 Å². The predicted molar refractivity (Wildman–Crippen MR) is 38.2 cm³/mol. The molecule has 0 aliphatic rings. The van der Waals surface area contributed by atoms with Crippen molar-refractivity contribution in [2.24, 2.45) is 0 Å². The van der Waals surface area contributed by atoms with Crippen molar-refractivity contribution in [1.82, 2.24) is 15.1 Å². The molecule has 56 valence electrons. The van der Waals surface area contributed by atoms with E-state index < -0.39 is 5.76 Å². The van der Waals surface area contributed by atoms with Crippen LogP contribution in [0.4, 0.5) is 0 Å². The van der Waals surface area contributed by atoms with Gasteiger partial charge in [0.2, 0.25) is 0 Å². The summed E-state index contributed by atoms with van der Waals surface area (Å²) in [6.07, 6.45) is 1.61. The number of aromatic nitrogens is 3. The number of nitrogens with zero attached hydrogens (tertiary/aromatic N) is 2. The third kappa shape index (κ3) is 1.07. The van der Waals surface area contributed by atoms with Gasteiger partial charge in [-0.1, -0.05) is 5.16 Å². The van der Waals surface area contributed by atoms with Gasteiger partial charge in [-0.3, -0.25) is 14.5 Å². The Bertz CT molecular complexity index is 388. The van der Waals surface area contributed by atoms with Gasteiger partial charge in [-0.25, -0.2) is 4.79 Å². The standard InChI is InChI=1S/C5H3N3O2S/c9-5-7-4(8-10-5)3-1-6-2-11-3/h1-2H,(H,7,8,9). The van der Waals surface area contributed by atoms with Crippen LogP contribution in [0.25, 0.3) is 10.7 Å². The van der Waals surface area contributed by atoms with Crippen LogP contribution in [0.5, 0.6) is 0 Å². The van der Waals surface area contributed by atoms with E-state index >= 15 is 0 Å². The number of thiazole rings is 1. The molecule has 0 spiro atoms. The Morgan fingerprint density at radius 3 is 3.09 bits per heavy atom. The minimum absolute atomic E-state index is 0.428. The predicted octanol–water partition coefficient (Wildman–Crippen LogP) is 0.486. The van der Waals surface area contributed by atoms with Crippen LogP contribution in [0.3, 0.4) is 0 Å². The zero-order valence-corrected chi connectivity index (χ0v) is 6.09. The first-order valence-electron chi connectivity index (χ1n) is 2.81. The molecule has 0 aliphatic heterocycles. The fourth-order valence-electron chi connectivity index (χ4n) is 0.669. The number of rotatable bonds is 1. The SMILES string of the molecule is O=c1[nH]c(-c2cncs2)no1. The summed E-state index contributed by atoms with van der Waals surface area (Å²) in [7, 11) is 0. The largest absolute Gasteiger partial charge is 0.439 e. The van der Waals surface area contributed by atoms with Gasteiger partial charge in [0, 0.05) is 6.20 Å². The van der Waals surface area contributed by atoms with Crippen LogP contribution in [-0.2, 0) is 0 Å². The maximum Gasteiger partial charge on any atom is 0.439 e. The van der Waals surface area contributed by atoms with Crippen molar-refractivity contribution in [2.45, 2.75) is 0 Å². The highest BCUT2D eigenvalue weighted by Gasteiger charge is 2.03. The third-order valence-corrected chi connectivity index (χ3v) is 1.89. The van der Waals surface area contributed by atoms with Gasteiger partial charge in [-0.15, -0.1) is 11.3 Å². The van der Waals surface area contributed by atoms with Crippen LogP contribution >= 0.6 is 11.3 Å². The van der Waals surface area contributed by atoms with Crippen LogP contribution in [-0.4, -0.2) is 15.1 Å². The highest BCUT2D eigenvalue weighted by molar-refractivity contribution is 7.13. The highest BCUT2D eigenvalue weighted by atomic mass is 32.1. The third-order valence-electron chi connectivity index (χ3n) is 1.11. The first kappa shape index (κ1) is 6.29. The number of hydrogen-bond donors (Lipinski definition) is 1. The summed E-state index contributed by atoms with van der Waals surface area (Å²) in [5.74, 6) is -0.120. The molecule has 11 heavy (non-hydrogen) atoms. The topological polar surface area (TPSA) is 71.8 Å². The molecule has 2 heterocycles. The summed E-state index contributed by atoms with van der Waals surface area (Å²) in [4.78, 5) is 17.5.